The van der Waals surface area contributed by atoms with Crippen LogP contribution in [0.1, 0.15) is 38.7 Å². The van der Waals surface area contributed by atoms with Gasteiger partial charge in [0.25, 0.3) is 0 Å². The smallest absolute Gasteiger partial charge is 0.225 e. The molecule has 132 valence electrons. The number of nitrogens with one attached hydrogen (secondary N) is 1. The van der Waals surface area contributed by atoms with Crippen molar-refractivity contribution in [1.82, 2.24) is 10.2 Å². The second kappa shape index (κ2) is 7.79. The molecule has 0 bridgehead atoms. The Labute approximate surface area is 144 Å². The van der Waals surface area contributed by atoms with Crippen molar-refractivity contribution in [3.63, 3.8) is 0 Å². The maximum atomic E-state index is 12.4. The molecule has 1 aromatic rings. The van der Waals surface area contributed by atoms with Gasteiger partial charge in [-0.25, -0.2) is 0 Å². The molecule has 0 spiro atoms. The number of likely N-dealkylation sites (tertiary alicyclic amines) is 1. The van der Waals surface area contributed by atoms with Crippen LogP contribution in [0.2, 0.25) is 0 Å². The van der Waals surface area contributed by atoms with E-state index in [1.54, 1.807) is 0 Å². The van der Waals surface area contributed by atoms with Gasteiger partial charge in [0, 0.05) is 37.4 Å². The van der Waals surface area contributed by atoms with Crippen LogP contribution in [0.15, 0.2) is 30.3 Å². The van der Waals surface area contributed by atoms with E-state index in [2.05, 4.69) is 17.4 Å². The van der Waals surface area contributed by atoms with Gasteiger partial charge in [0.1, 0.15) is 0 Å². The first-order chi connectivity index (χ1) is 11.3. The minimum Gasteiger partial charge on any atom is -0.355 e. The lowest BCUT2D eigenvalue weighted by molar-refractivity contribution is -0.131. The van der Waals surface area contributed by atoms with Gasteiger partial charge in [0.15, 0.2) is 0 Å². The fourth-order valence-electron chi connectivity index (χ4n) is 3.10. The molecule has 5 nitrogen and oxygen atoms in total. The Kier molecular flexibility index (Phi) is 5.99. The van der Waals surface area contributed by atoms with Crippen LogP contribution in [0.4, 0.5) is 0 Å². The molecule has 0 radical (unpaired) electrons. The molecule has 0 aromatic heterocycles. The number of amides is 2. The van der Waals surface area contributed by atoms with Crippen LogP contribution in [0.25, 0.3) is 0 Å². The highest BCUT2D eigenvalue weighted by Gasteiger charge is 2.35. The zero-order chi connectivity index (χ0) is 17.7. The van der Waals surface area contributed by atoms with Crippen molar-refractivity contribution in [2.75, 3.05) is 26.2 Å². The number of hydrogen-bond acceptors (Lipinski definition) is 3. The largest absolute Gasteiger partial charge is 0.355 e. The first kappa shape index (κ1) is 18.5. The van der Waals surface area contributed by atoms with Crippen molar-refractivity contribution in [3.8, 4) is 0 Å². The summed E-state index contributed by atoms with van der Waals surface area (Å²) in [6.45, 7) is 7.95. The molecule has 1 aliphatic rings. The van der Waals surface area contributed by atoms with Crippen molar-refractivity contribution in [2.45, 2.75) is 33.1 Å². The van der Waals surface area contributed by atoms with Crippen molar-refractivity contribution < 1.29 is 9.59 Å². The fourth-order valence-corrected chi connectivity index (χ4v) is 3.10. The number of carbonyl (C=O) groups is 2. The quantitative estimate of drug-likeness (QED) is 0.863. The lowest BCUT2D eigenvalue weighted by atomic mass is 9.89. The van der Waals surface area contributed by atoms with Crippen LogP contribution in [0.3, 0.4) is 0 Å². The van der Waals surface area contributed by atoms with Gasteiger partial charge in [0.2, 0.25) is 11.8 Å². The van der Waals surface area contributed by atoms with Gasteiger partial charge >= 0.3 is 0 Å². The SMILES string of the molecule is CC(C)(C)C(=O)NCCC(=O)N1C[C@@H](CN)[C@H](c2ccccc2)C1. The Balaban J connectivity index is 1.89. The summed E-state index contributed by atoms with van der Waals surface area (Å²) in [4.78, 5) is 26.2. The van der Waals surface area contributed by atoms with Crippen molar-refractivity contribution >= 4 is 11.8 Å². The molecule has 0 unspecified atom stereocenters. The van der Waals surface area contributed by atoms with E-state index in [4.69, 9.17) is 5.73 Å². The van der Waals surface area contributed by atoms with Crippen LogP contribution in [-0.4, -0.2) is 42.9 Å². The number of nitrogens with zero attached hydrogens (tertiary/aromatic N) is 1. The predicted molar refractivity (Wildman–Crippen MR) is 95.4 cm³/mol. The van der Waals surface area contributed by atoms with Crippen molar-refractivity contribution in [3.05, 3.63) is 35.9 Å². The minimum absolute atomic E-state index is 0.0290. The lowest BCUT2D eigenvalue weighted by Gasteiger charge is -2.19. The highest BCUT2D eigenvalue weighted by Crippen LogP contribution is 2.32. The predicted octanol–water partition coefficient (Wildman–Crippen LogP) is 1.74. The molecule has 3 N–H and O–H groups in total. The normalized spacial score (nSPS) is 20.9. The first-order valence-electron chi connectivity index (χ1n) is 8.64. The van der Waals surface area contributed by atoms with Crippen molar-refractivity contribution in [2.24, 2.45) is 17.1 Å². The lowest BCUT2D eigenvalue weighted by Crippen LogP contribution is -2.38. The monoisotopic (exact) mass is 331 g/mol. The summed E-state index contributed by atoms with van der Waals surface area (Å²) in [6, 6.07) is 10.2. The summed E-state index contributed by atoms with van der Waals surface area (Å²) in [6.07, 6.45) is 0.334. The average molecular weight is 331 g/mol. The number of carbonyl (C=O) groups excluding carboxylic acids is 2. The van der Waals surface area contributed by atoms with Gasteiger partial charge in [-0.3, -0.25) is 9.59 Å². The molecule has 5 heteroatoms. The second-order valence-electron chi connectivity index (χ2n) is 7.57. The molecule has 2 rings (SSSR count). The molecule has 1 saturated heterocycles. The van der Waals surface area contributed by atoms with E-state index >= 15 is 0 Å². The number of hydrogen-bond donors (Lipinski definition) is 2. The Bertz CT molecular complexity index is 566. The Hall–Kier alpha value is -1.88. The second-order valence-corrected chi connectivity index (χ2v) is 7.57. The summed E-state index contributed by atoms with van der Waals surface area (Å²) in [5.74, 6) is 0.643. The number of benzene rings is 1. The standard InChI is InChI=1S/C19H29N3O2/c1-19(2,3)18(24)21-10-9-17(23)22-12-15(11-20)16(13-22)14-7-5-4-6-8-14/h4-8,15-16H,9-13,20H2,1-3H3,(H,21,24)/t15-,16+/m1/s1. The van der Waals surface area contributed by atoms with Crippen molar-refractivity contribution in [1.29, 1.82) is 0 Å². The molecule has 0 aliphatic carbocycles. The molecule has 1 aromatic carbocycles. The van der Waals surface area contributed by atoms with Crippen LogP contribution in [-0.2, 0) is 9.59 Å². The molecular weight excluding hydrogens is 302 g/mol. The average Bonchev–Trinajstić information content (AvgIpc) is 2.99. The third-order valence-electron chi connectivity index (χ3n) is 4.63. The summed E-state index contributed by atoms with van der Waals surface area (Å²) in [7, 11) is 0. The molecule has 1 heterocycles. The first-order valence-corrected chi connectivity index (χ1v) is 8.64. The topological polar surface area (TPSA) is 75.4 Å². The van der Waals surface area contributed by atoms with Crippen LogP contribution >= 0.6 is 0 Å². The van der Waals surface area contributed by atoms with E-state index in [0.717, 1.165) is 0 Å². The van der Waals surface area contributed by atoms with E-state index in [1.165, 1.54) is 5.56 Å². The summed E-state index contributed by atoms with van der Waals surface area (Å²) >= 11 is 0. The molecule has 2 atom stereocenters. The fraction of sp³-hybridized carbons (Fsp3) is 0.579. The maximum absolute atomic E-state index is 12.4. The van der Waals surface area contributed by atoms with Gasteiger partial charge in [-0.15, -0.1) is 0 Å². The van der Waals surface area contributed by atoms with Gasteiger partial charge in [0.05, 0.1) is 0 Å². The molecular formula is C19H29N3O2. The van der Waals surface area contributed by atoms with Gasteiger partial charge in [-0.1, -0.05) is 51.1 Å². The van der Waals surface area contributed by atoms with E-state index in [9.17, 15) is 9.59 Å². The molecule has 2 amide bonds. The Morgan fingerprint density at radius 3 is 2.46 bits per heavy atom. The maximum Gasteiger partial charge on any atom is 0.225 e. The van der Waals surface area contributed by atoms with Gasteiger partial charge in [-0.2, -0.15) is 0 Å². The van der Waals surface area contributed by atoms with Crippen LogP contribution in [0, 0.1) is 11.3 Å². The summed E-state index contributed by atoms with van der Waals surface area (Å²) < 4.78 is 0. The highest BCUT2D eigenvalue weighted by atomic mass is 16.2. The van der Waals surface area contributed by atoms with Gasteiger partial charge in [-0.05, 0) is 18.0 Å². The molecule has 1 aliphatic heterocycles. The van der Waals surface area contributed by atoms with E-state index in [-0.39, 0.29) is 11.8 Å². The highest BCUT2D eigenvalue weighted by molar-refractivity contribution is 5.82. The zero-order valence-electron chi connectivity index (χ0n) is 14.9. The molecule has 24 heavy (non-hydrogen) atoms. The van der Waals surface area contributed by atoms with E-state index < -0.39 is 5.41 Å². The third kappa shape index (κ3) is 4.57. The van der Waals surface area contributed by atoms with Gasteiger partial charge < -0.3 is 16.0 Å². The summed E-state index contributed by atoms with van der Waals surface area (Å²) in [5.41, 5.74) is 6.73. The Morgan fingerprint density at radius 2 is 1.88 bits per heavy atom. The van der Waals surface area contributed by atoms with Crippen LogP contribution < -0.4 is 11.1 Å². The van der Waals surface area contributed by atoms with E-state index in [1.807, 2.05) is 43.9 Å². The molecule has 1 fully saturated rings. The third-order valence-corrected chi connectivity index (χ3v) is 4.63. The van der Waals surface area contributed by atoms with E-state index in [0.29, 0.717) is 44.4 Å². The summed E-state index contributed by atoms with van der Waals surface area (Å²) in [5, 5.41) is 2.83. The zero-order valence-corrected chi connectivity index (χ0v) is 14.9. The number of nitrogens with two attached hydrogens (primary N) is 1. The number of rotatable bonds is 5. The molecule has 0 saturated carbocycles. The Morgan fingerprint density at radius 1 is 1.21 bits per heavy atom. The minimum atomic E-state index is -0.431. The van der Waals surface area contributed by atoms with Crippen LogP contribution in [0.5, 0.6) is 0 Å².